The van der Waals surface area contributed by atoms with Crippen molar-refractivity contribution >= 4 is 5.69 Å². The second-order valence-electron chi connectivity index (χ2n) is 5.83. The van der Waals surface area contributed by atoms with Gasteiger partial charge in [0.05, 0.1) is 11.8 Å². The summed E-state index contributed by atoms with van der Waals surface area (Å²) >= 11 is 0. The van der Waals surface area contributed by atoms with E-state index in [1.807, 2.05) is 24.1 Å². The van der Waals surface area contributed by atoms with Gasteiger partial charge in [-0.2, -0.15) is 0 Å². The Morgan fingerprint density at radius 1 is 1.43 bits per heavy atom. The van der Waals surface area contributed by atoms with Gasteiger partial charge in [0, 0.05) is 33.3 Å². The standard InChI is InChI=1S/C17H27FN2O/c1-3-4-9-20(2)17-11-14(7-8-16(17)18)12-19-13-15-6-5-10-21-15/h7-8,11,15,19H,3-6,9-10,12-13H2,1-2H3. The molecule has 0 amide bonds. The summed E-state index contributed by atoms with van der Waals surface area (Å²) in [6, 6.07) is 5.38. The fraction of sp³-hybridized carbons (Fsp3) is 0.647. The molecule has 2 rings (SSSR count). The van der Waals surface area contributed by atoms with Crippen molar-refractivity contribution in [3.8, 4) is 0 Å². The van der Waals surface area contributed by atoms with Crippen LogP contribution < -0.4 is 10.2 Å². The highest BCUT2D eigenvalue weighted by molar-refractivity contribution is 5.49. The normalized spacial score (nSPS) is 18.1. The summed E-state index contributed by atoms with van der Waals surface area (Å²) < 4.78 is 19.5. The Hall–Kier alpha value is -1.13. The topological polar surface area (TPSA) is 24.5 Å². The molecule has 4 heteroatoms. The molecule has 1 unspecified atom stereocenters. The van der Waals surface area contributed by atoms with E-state index >= 15 is 0 Å². The van der Waals surface area contributed by atoms with Crippen molar-refractivity contribution in [2.24, 2.45) is 0 Å². The molecule has 1 heterocycles. The van der Waals surface area contributed by atoms with Gasteiger partial charge in [-0.1, -0.05) is 19.4 Å². The molecule has 1 atom stereocenters. The lowest BCUT2D eigenvalue weighted by atomic mass is 10.1. The molecule has 1 saturated heterocycles. The van der Waals surface area contributed by atoms with Crippen LogP contribution in [0.15, 0.2) is 18.2 Å². The van der Waals surface area contributed by atoms with Crippen LogP contribution in [0.2, 0.25) is 0 Å². The minimum atomic E-state index is -0.142. The number of hydrogen-bond acceptors (Lipinski definition) is 3. The molecule has 1 N–H and O–H groups in total. The van der Waals surface area contributed by atoms with Crippen LogP contribution in [-0.4, -0.2) is 32.8 Å². The Morgan fingerprint density at radius 2 is 2.29 bits per heavy atom. The maximum atomic E-state index is 13.9. The number of unbranched alkanes of at least 4 members (excludes halogenated alkanes) is 1. The third-order valence-electron chi connectivity index (χ3n) is 3.99. The van der Waals surface area contributed by atoms with Crippen molar-refractivity contribution in [3.05, 3.63) is 29.6 Å². The lowest BCUT2D eigenvalue weighted by Crippen LogP contribution is -2.26. The predicted octanol–water partition coefficient (Wildman–Crippen LogP) is 3.33. The van der Waals surface area contributed by atoms with E-state index in [4.69, 9.17) is 4.74 Å². The van der Waals surface area contributed by atoms with E-state index in [-0.39, 0.29) is 5.82 Å². The van der Waals surface area contributed by atoms with E-state index < -0.39 is 0 Å². The highest BCUT2D eigenvalue weighted by Gasteiger charge is 2.14. The summed E-state index contributed by atoms with van der Waals surface area (Å²) in [5.74, 6) is -0.142. The van der Waals surface area contributed by atoms with E-state index in [2.05, 4.69) is 12.2 Å². The maximum absolute atomic E-state index is 13.9. The first-order chi connectivity index (χ1) is 10.2. The van der Waals surface area contributed by atoms with Crippen LogP contribution in [0.3, 0.4) is 0 Å². The number of nitrogens with one attached hydrogen (secondary N) is 1. The van der Waals surface area contributed by atoms with E-state index in [1.165, 1.54) is 0 Å². The average molecular weight is 294 g/mol. The van der Waals surface area contributed by atoms with Crippen LogP contribution in [0.1, 0.15) is 38.2 Å². The Kier molecular flexibility index (Phi) is 6.46. The first kappa shape index (κ1) is 16.2. The van der Waals surface area contributed by atoms with E-state index in [1.54, 1.807) is 6.07 Å². The average Bonchev–Trinajstić information content (AvgIpc) is 2.99. The Bertz CT molecular complexity index is 433. The largest absolute Gasteiger partial charge is 0.377 e. The molecule has 1 aliphatic rings. The van der Waals surface area contributed by atoms with E-state index in [0.29, 0.717) is 11.8 Å². The van der Waals surface area contributed by atoms with E-state index in [9.17, 15) is 4.39 Å². The minimum Gasteiger partial charge on any atom is -0.377 e. The van der Waals surface area contributed by atoms with Gasteiger partial charge in [0.2, 0.25) is 0 Å². The Morgan fingerprint density at radius 3 is 3.00 bits per heavy atom. The number of nitrogens with zero attached hydrogens (tertiary/aromatic N) is 1. The smallest absolute Gasteiger partial charge is 0.146 e. The molecule has 3 nitrogen and oxygen atoms in total. The first-order valence-electron chi connectivity index (χ1n) is 8.02. The van der Waals surface area contributed by atoms with Crippen molar-refractivity contribution in [1.82, 2.24) is 5.32 Å². The summed E-state index contributed by atoms with van der Waals surface area (Å²) in [4.78, 5) is 2.00. The van der Waals surface area contributed by atoms with Gasteiger partial charge < -0.3 is 15.0 Å². The zero-order valence-corrected chi connectivity index (χ0v) is 13.2. The molecule has 0 aliphatic carbocycles. The molecular weight excluding hydrogens is 267 g/mol. The zero-order valence-electron chi connectivity index (χ0n) is 13.2. The second kappa shape index (κ2) is 8.35. The summed E-state index contributed by atoms with van der Waals surface area (Å²) in [6.07, 6.45) is 4.85. The predicted molar refractivity (Wildman–Crippen MR) is 85.3 cm³/mol. The van der Waals surface area contributed by atoms with Crippen molar-refractivity contribution in [2.45, 2.75) is 45.3 Å². The summed E-state index contributed by atoms with van der Waals surface area (Å²) in [7, 11) is 1.96. The third kappa shape index (κ3) is 4.97. The molecule has 1 fully saturated rings. The van der Waals surface area contributed by atoms with Crippen molar-refractivity contribution in [1.29, 1.82) is 0 Å². The highest BCUT2D eigenvalue weighted by Crippen LogP contribution is 2.20. The molecule has 0 bridgehead atoms. The van der Waals surface area contributed by atoms with Gasteiger partial charge in [-0.25, -0.2) is 4.39 Å². The summed E-state index contributed by atoms with van der Waals surface area (Å²) in [6.45, 7) is 5.55. The highest BCUT2D eigenvalue weighted by atomic mass is 19.1. The number of halogens is 1. The SMILES string of the molecule is CCCCN(C)c1cc(CNCC2CCCO2)ccc1F. The molecule has 0 saturated carbocycles. The fourth-order valence-corrected chi connectivity index (χ4v) is 2.66. The van der Waals surface area contributed by atoms with Crippen molar-refractivity contribution in [3.63, 3.8) is 0 Å². The summed E-state index contributed by atoms with van der Waals surface area (Å²) in [5.41, 5.74) is 1.81. The molecule has 118 valence electrons. The number of rotatable bonds is 8. The molecule has 0 spiro atoms. The van der Waals surface area contributed by atoms with Crippen molar-refractivity contribution < 1.29 is 9.13 Å². The minimum absolute atomic E-state index is 0.142. The van der Waals surface area contributed by atoms with Gasteiger partial charge in [0.1, 0.15) is 5.82 Å². The molecule has 0 radical (unpaired) electrons. The van der Waals surface area contributed by atoms with Crippen LogP contribution in [0.5, 0.6) is 0 Å². The molecular formula is C17H27FN2O. The van der Waals surface area contributed by atoms with Crippen LogP contribution in [0.25, 0.3) is 0 Å². The summed E-state index contributed by atoms with van der Waals surface area (Å²) in [5, 5.41) is 3.41. The van der Waals surface area contributed by atoms with Crippen LogP contribution in [-0.2, 0) is 11.3 Å². The molecule has 1 aliphatic heterocycles. The Balaban J connectivity index is 1.87. The molecule has 1 aromatic rings. The van der Waals surface area contributed by atoms with Crippen LogP contribution in [0.4, 0.5) is 10.1 Å². The number of ether oxygens (including phenoxy) is 1. The zero-order chi connectivity index (χ0) is 15.1. The number of anilines is 1. The van der Waals surface area contributed by atoms with Gasteiger partial charge in [-0.05, 0) is 37.0 Å². The number of hydrogen-bond donors (Lipinski definition) is 1. The van der Waals surface area contributed by atoms with Gasteiger partial charge in [-0.3, -0.25) is 0 Å². The Labute approximate surface area is 127 Å². The maximum Gasteiger partial charge on any atom is 0.146 e. The van der Waals surface area contributed by atoms with Gasteiger partial charge in [0.15, 0.2) is 0 Å². The van der Waals surface area contributed by atoms with Crippen LogP contribution in [0, 0.1) is 5.82 Å². The third-order valence-corrected chi connectivity index (χ3v) is 3.99. The lowest BCUT2D eigenvalue weighted by Gasteiger charge is -2.20. The quantitative estimate of drug-likeness (QED) is 0.796. The molecule has 0 aromatic heterocycles. The fourth-order valence-electron chi connectivity index (χ4n) is 2.66. The number of benzene rings is 1. The van der Waals surface area contributed by atoms with Gasteiger partial charge >= 0.3 is 0 Å². The lowest BCUT2D eigenvalue weighted by molar-refractivity contribution is 0.110. The monoisotopic (exact) mass is 294 g/mol. The van der Waals surface area contributed by atoms with Crippen molar-refractivity contribution in [2.75, 3.05) is 31.6 Å². The van der Waals surface area contributed by atoms with Gasteiger partial charge in [0.25, 0.3) is 0 Å². The van der Waals surface area contributed by atoms with Gasteiger partial charge in [-0.15, -0.1) is 0 Å². The van der Waals surface area contributed by atoms with Crippen LogP contribution >= 0.6 is 0 Å². The first-order valence-corrected chi connectivity index (χ1v) is 8.02. The molecule has 1 aromatic carbocycles. The van der Waals surface area contributed by atoms with E-state index in [0.717, 1.165) is 57.5 Å². The second-order valence-corrected chi connectivity index (χ2v) is 5.83. The molecule has 21 heavy (non-hydrogen) atoms.